The lowest BCUT2D eigenvalue weighted by molar-refractivity contribution is 0.688. The average Bonchev–Trinajstić information content (AvgIpc) is 2.46. The molecule has 0 amide bonds. The van der Waals surface area contributed by atoms with Crippen LogP contribution in [0.4, 0.5) is 0 Å². The number of aliphatic imine (C=N–C) groups is 1. The number of isothiocyanates is 1. The van der Waals surface area contributed by atoms with Crippen LogP contribution in [0, 0.1) is 0 Å². The van der Waals surface area contributed by atoms with E-state index in [1.807, 2.05) is 48.5 Å². The zero-order valence-electron chi connectivity index (χ0n) is 10.3. The van der Waals surface area contributed by atoms with Gasteiger partial charge in [0.1, 0.15) is 0 Å². The van der Waals surface area contributed by atoms with Crippen LogP contribution in [-0.2, 0) is 10.8 Å². The van der Waals surface area contributed by atoms with Gasteiger partial charge >= 0.3 is 0 Å². The highest BCUT2D eigenvalue weighted by molar-refractivity contribution is 7.88. The fourth-order valence-electron chi connectivity index (χ4n) is 1.71. The third-order valence-electron chi connectivity index (χ3n) is 2.65. The molecule has 0 saturated carbocycles. The van der Waals surface area contributed by atoms with E-state index in [9.17, 15) is 4.21 Å². The number of benzene rings is 2. The van der Waals surface area contributed by atoms with Gasteiger partial charge in [-0.3, -0.25) is 0 Å². The molecule has 0 N–H and O–H groups in total. The second-order valence-corrected chi connectivity index (χ2v) is 5.46. The fourth-order valence-corrected chi connectivity index (χ4v) is 2.72. The molecule has 0 fully saturated rings. The Bertz CT molecular complexity index is 673. The van der Waals surface area contributed by atoms with Crippen molar-refractivity contribution in [1.82, 2.24) is 0 Å². The second kappa shape index (κ2) is 7.10. The summed E-state index contributed by atoms with van der Waals surface area (Å²) < 4.78 is 12.1. The fraction of sp³-hybridized carbons (Fsp3) is 0.133. The van der Waals surface area contributed by atoms with Gasteiger partial charge in [-0.1, -0.05) is 36.4 Å². The number of hydrogen-bond acceptors (Lipinski definition) is 3. The van der Waals surface area contributed by atoms with E-state index >= 15 is 0 Å². The molecule has 1 unspecified atom stereocenters. The van der Waals surface area contributed by atoms with Gasteiger partial charge in [-0.15, -0.1) is 0 Å². The predicted molar refractivity (Wildman–Crippen MR) is 84.0 cm³/mol. The van der Waals surface area contributed by atoms with Crippen molar-refractivity contribution in [2.24, 2.45) is 4.99 Å². The summed E-state index contributed by atoms with van der Waals surface area (Å²) in [5, 5.41) is 6.26. The smallest absolute Gasteiger partial charge is 0.0772 e. The minimum absolute atomic E-state index is 0.592. The van der Waals surface area contributed by atoms with E-state index in [1.165, 1.54) is 0 Å². The van der Waals surface area contributed by atoms with Gasteiger partial charge < -0.3 is 0 Å². The van der Waals surface area contributed by atoms with E-state index < -0.39 is 10.8 Å². The molecule has 0 radical (unpaired) electrons. The highest BCUT2D eigenvalue weighted by atomic mass is 32.2. The molecule has 4 heteroatoms. The number of hydrogen-bond donors (Lipinski definition) is 0. The van der Waals surface area contributed by atoms with Crippen molar-refractivity contribution in [1.29, 1.82) is 0 Å². The van der Waals surface area contributed by atoms with E-state index in [4.69, 9.17) is 0 Å². The second-order valence-electron chi connectivity index (χ2n) is 3.94. The average molecular weight is 287 g/mol. The van der Waals surface area contributed by atoms with Gasteiger partial charge in [-0.05, 0) is 41.5 Å². The van der Waals surface area contributed by atoms with Crippen molar-refractivity contribution in [3.63, 3.8) is 0 Å². The highest BCUT2D eigenvalue weighted by Gasteiger charge is 2.00. The van der Waals surface area contributed by atoms with Gasteiger partial charge in [-0.25, -0.2) is 9.20 Å². The molecular formula is C15H13NOS2. The summed E-state index contributed by atoms with van der Waals surface area (Å²) >= 11 is 4.47. The molecule has 0 saturated heterocycles. The third kappa shape index (κ3) is 3.93. The molecule has 2 aromatic rings. The van der Waals surface area contributed by atoms with Crippen molar-refractivity contribution >= 4 is 39.0 Å². The molecular weight excluding hydrogens is 274 g/mol. The van der Waals surface area contributed by atoms with Crippen LogP contribution in [0.1, 0.15) is 6.42 Å². The van der Waals surface area contributed by atoms with E-state index in [-0.39, 0.29) is 0 Å². The first-order chi connectivity index (χ1) is 9.31. The lowest BCUT2D eigenvalue weighted by Gasteiger charge is -2.00. The van der Waals surface area contributed by atoms with Crippen LogP contribution in [-0.4, -0.2) is 15.9 Å². The lowest BCUT2D eigenvalue weighted by atomic mass is 10.1. The predicted octanol–water partition coefficient (Wildman–Crippen LogP) is 3.95. The Labute approximate surface area is 120 Å². The minimum atomic E-state index is -1.11. The van der Waals surface area contributed by atoms with Crippen molar-refractivity contribution in [3.8, 4) is 0 Å². The van der Waals surface area contributed by atoms with E-state index in [0.717, 1.165) is 22.1 Å². The van der Waals surface area contributed by atoms with Crippen molar-refractivity contribution in [2.75, 3.05) is 6.54 Å². The first-order valence-electron chi connectivity index (χ1n) is 5.91. The quantitative estimate of drug-likeness (QED) is 0.473. The molecule has 2 aromatic carbocycles. The summed E-state index contributed by atoms with van der Waals surface area (Å²) in [6, 6.07) is 13.9. The monoisotopic (exact) mass is 287 g/mol. The Morgan fingerprint density at radius 3 is 2.79 bits per heavy atom. The molecule has 1 atom stereocenters. The molecule has 0 aliphatic rings. The summed E-state index contributed by atoms with van der Waals surface area (Å²) in [4.78, 5) is 4.61. The van der Waals surface area contributed by atoms with Crippen LogP contribution >= 0.6 is 12.2 Å². The largest absolute Gasteiger partial charge is 0.250 e. The molecule has 2 nitrogen and oxygen atoms in total. The number of nitrogens with zero attached hydrogens (tertiary/aromatic N) is 1. The molecule has 2 rings (SSSR count). The lowest BCUT2D eigenvalue weighted by Crippen LogP contribution is -1.87. The van der Waals surface area contributed by atoms with Crippen LogP contribution in [0.5, 0.6) is 0 Å². The summed E-state index contributed by atoms with van der Waals surface area (Å²) in [6.45, 7) is 0.592. The Kier molecular flexibility index (Phi) is 5.16. The van der Waals surface area contributed by atoms with Gasteiger partial charge in [0, 0.05) is 10.3 Å². The number of thiocarbonyl (C=S) groups is 1. The Hall–Kier alpha value is -1.61. The van der Waals surface area contributed by atoms with Crippen LogP contribution in [0.25, 0.3) is 10.8 Å². The van der Waals surface area contributed by atoms with E-state index in [1.54, 1.807) is 5.41 Å². The molecule has 0 bridgehead atoms. The Morgan fingerprint density at radius 1 is 1.21 bits per heavy atom. The summed E-state index contributed by atoms with van der Waals surface area (Å²) in [6.07, 6.45) is 2.59. The summed E-state index contributed by atoms with van der Waals surface area (Å²) in [7, 11) is -1.11. The van der Waals surface area contributed by atoms with Crippen LogP contribution in [0.3, 0.4) is 0 Å². The zero-order valence-corrected chi connectivity index (χ0v) is 11.9. The van der Waals surface area contributed by atoms with Gasteiger partial charge in [-0.2, -0.15) is 0 Å². The molecule has 0 aliphatic heterocycles. The van der Waals surface area contributed by atoms with Crippen molar-refractivity contribution in [3.05, 3.63) is 53.9 Å². The van der Waals surface area contributed by atoms with E-state index in [2.05, 4.69) is 22.4 Å². The first-order valence-corrected chi connectivity index (χ1v) is 7.53. The van der Waals surface area contributed by atoms with Crippen molar-refractivity contribution < 1.29 is 4.21 Å². The van der Waals surface area contributed by atoms with Crippen LogP contribution < -0.4 is 0 Å². The normalized spacial score (nSPS) is 12.4. The Morgan fingerprint density at radius 2 is 2.00 bits per heavy atom. The van der Waals surface area contributed by atoms with E-state index in [0.29, 0.717) is 6.54 Å². The number of rotatable bonds is 5. The molecule has 0 spiro atoms. The summed E-state index contributed by atoms with van der Waals surface area (Å²) in [5.41, 5.74) is 0. The SMILES string of the molecule is O=S(/C=C/CCN=C=S)c1ccc2ccccc2c1. The molecule has 0 aliphatic carbocycles. The van der Waals surface area contributed by atoms with Gasteiger partial charge in [0.05, 0.1) is 22.5 Å². The van der Waals surface area contributed by atoms with Gasteiger partial charge in [0.2, 0.25) is 0 Å². The van der Waals surface area contributed by atoms with Gasteiger partial charge in [0.15, 0.2) is 0 Å². The minimum Gasteiger partial charge on any atom is -0.250 e. The molecule has 96 valence electrons. The van der Waals surface area contributed by atoms with Crippen molar-refractivity contribution in [2.45, 2.75) is 11.3 Å². The third-order valence-corrected chi connectivity index (χ3v) is 3.93. The number of fused-ring (bicyclic) bond motifs is 1. The topological polar surface area (TPSA) is 29.4 Å². The Balaban J connectivity index is 2.10. The maximum absolute atomic E-state index is 12.1. The maximum Gasteiger partial charge on any atom is 0.0772 e. The first kappa shape index (κ1) is 13.8. The summed E-state index contributed by atoms with van der Waals surface area (Å²) in [5.74, 6) is 0. The van der Waals surface area contributed by atoms with Gasteiger partial charge in [0.25, 0.3) is 0 Å². The molecule has 19 heavy (non-hydrogen) atoms. The highest BCUT2D eigenvalue weighted by Crippen LogP contribution is 2.18. The molecule has 0 aromatic heterocycles. The standard InChI is InChI=1S/C15H13NOS2/c17-19(10-4-3-9-16-12-18)15-8-7-13-5-1-2-6-14(13)11-15/h1-2,4-8,10-11H,3,9H2/b10-4+. The van der Waals surface area contributed by atoms with Crippen LogP contribution in [0.2, 0.25) is 0 Å². The molecule has 0 heterocycles. The zero-order chi connectivity index (χ0) is 13.5. The van der Waals surface area contributed by atoms with Crippen LogP contribution in [0.15, 0.2) is 63.8 Å². The maximum atomic E-state index is 12.1.